The van der Waals surface area contributed by atoms with Gasteiger partial charge in [0, 0.05) is 23.9 Å². The molecule has 0 saturated carbocycles. The van der Waals surface area contributed by atoms with Crippen molar-refractivity contribution in [2.75, 3.05) is 12.8 Å². The molecule has 100 valence electrons. The van der Waals surface area contributed by atoms with E-state index in [4.69, 9.17) is 10.5 Å². The van der Waals surface area contributed by atoms with Gasteiger partial charge in [-0.15, -0.1) is 0 Å². The number of hydrogen-bond acceptors (Lipinski definition) is 5. The van der Waals surface area contributed by atoms with Crippen LogP contribution in [0.5, 0.6) is 5.88 Å². The van der Waals surface area contributed by atoms with Crippen molar-refractivity contribution in [2.24, 2.45) is 0 Å². The zero-order valence-electron chi connectivity index (χ0n) is 9.77. The molecule has 19 heavy (non-hydrogen) atoms. The van der Waals surface area contributed by atoms with E-state index in [1.54, 1.807) is 0 Å². The third-order valence-corrected chi connectivity index (χ3v) is 2.24. The molecular formula is C11H9F3N4O. The Morgan fingerprint density at radius 3 is 2.58 bits per heavy atom. The summed E-state index contributed by atoms with van der Waals surface area (Å²) in [6.45, 7) is 0. The van der Waals surface area contributed by atoms with Gasteiger partial charge in [-0.05, 0) is 6.07 Å². The molecule has 8 heteroatoms. The first-order valence-corrected chi connectivity index (χ1v) is 5.12. The molecule has 0 aliphatic carbocycles. The third-order valence-electron chi connectivity index (χ3n) is 2.24. The summed E-state index contributed by atoms with van der Waals surface area (Å²) in [5, 5.41) is 0. The second kappa shape index (κ2) is 4.71. The molecule has 2 aromatic rings. The van der Waals surface area contributed by atoms with Gasteiger partial charge in [0.2, 0.25) is 11.7 Å². The molecule has 0 spiro atoms. The van der Waals surface area contributed by atoms with Gasteiger partial charge in [0.15, 0.2) is 0 Å². The van der Waals surface area contributed by atoms with E-state index in [-0.39, 0.29) is 17.4 Å². The number of halogens is 3. The predicted octanol–water partition coefficient (Wildman–Crippen LogP) is 2.15. The highest BCUT2D eigenvalue weighted by molar-refractivity contribution is 5.62. The number of nitrogens with zero attached hydrogens (tertiary/aromatic N) is 3. The van der Waals surface area contributed by atoms with Gasteiger partial charge < -0.3 is 10.5 Å². The maximum atomic E-state index is 12.6. The van der Waals surface area contributed by atoms with Crippen LogP contribution < -0.4 is 10.5 Å². The molecule has 0 fully saturated rings. The van der Waals surface area contributed by atoms with Crippen LogP contribution in [0.4, 0.5) is 19.0 Å². The van der Waals surface area contributed by atoms with Crippen molar-refractivity contribution in [3.63, 3.8) is 0 Å². The van der Waals surface area contributed by atoms with Gasteiger partial charge in [-0.2, -0.15) is 13.2 Å². The number of alkyl halides is 3. The Labute approximate surface area is 106 Å². The quantitative estimate of drug-likeness (QED) is 0.905. The zero-order valence-corrected chi connectivity index (χ0v) is 9.77. The van der Waals surface area contributed by atoms with Crippen LogP contribution in [0.3, 0.4) is 0 Å². The van der Waals surface area contributed by atoms with Crippen molar-refractivity contribution in [3.8, 4) is 17.1 Å². The van der Waals surface area contributed by atoms with E-state index in [1.165, 1.54) is 31.5 Å². The number of hydrogen-bond donors (Lipinski definition) is 1. The Hall–Kier alpha value is -2.38. The van der Waals surface area contributed by atoms with E-state index >= 15 is 0 Å². The molecular weight excluding hydrogens is 261 g/mol. The van der Waals surface area contributed by atoms with Crippen molar-refractivity contribution in [1.29, 1.82) is 0 Å². The molecule has 0 radical (unpaired) electrons. The lowest BCUT2D eigenvalue weighted by atomic mass is 10.2. The lowest BCUT2D eigenvalue weighted by Crippen LogP contribution is -2.13. The summed E-state index contributed by atoms with van der Waals surface area (Å²) in [6, 6.07) is 4.22. The van der Waals surface area contributed by atoms with Crippen LogP contribution in [-0.4, -0.2) is 22.1 Å². The van der Waals surface area contributed by atoms with Gasteiger partial charge in [0.1, 0.15) is 5.82 Å². The number of pyridine rings is 1. The summed E-state index contributed by atoms with van der Waals surface area (Å²) in [5.41, 5.74) is 5.83. The van der Waals surface area contributed by atoms with Gasteiger partial charge >= 0.3 is 6.18 Å². The molecule has 0 bridgehead atoms. The monoisotopic (exact) mass is 270 g/mol. The topological polar surface area (TPSA) is 73.9 Å². The summed E-state index contributed by atoms with van der Waals surface area (Å²) in [5.74, 6) is -1.27. The van der Waals surface area contributed by atoms with E-state index in [1.807, 2.05) is 0 Å². The van der Waals surface area contributed by atoms with Crippen molar-refractivity contribution >= 4 is 5.82 Å². The van der Waals surface area contributed by atoms with E-state index in [9.17, 15) is 13.2 Å². The minimum absolute atomic E-state index is 0.0560. The normalized spacial score (nSPS) is 11.4. The summed E-state index contributed by atoms with van der Waals surface area (Å²) < 4.78 is 42.7. The molecule has 0 saturated heterocycles. The van der Waals surface area contributed by atoms with Crippen molar-refractivity contribution in [3.05, 3.63) is 30.2 Å². The van der Waals surface area contributed by atoms with Gasteiger partial charge in [-0.3, -0.25) is 0 Å². The SMILES string of the molecule is COc1cc(-c2cc(N)nc(C(F)(F)F)n2)ccn1. The number of nitrogen functional groups attached to an aromatic ring is 1. The van der Waals surface area contributed by atoms with Crippen LogP contribution in [0.1, 0.15) is 5.82 Å². The molecule has 2 aromatic heterocycles. The molecule has 2 N–H and O–H groups in total. The Morgan fingerprint density at radius 1 is 1.21 bits per heavy atom. The highest BCUT2D eigenvalue weighted by Crippen LogP contribution is 2.29. The Morgan fingerprint density at radius 2 is 1.95 bits per heavy atom. The number of methoxy groups -OCH3 is 1. The fourth-order valence-electron chi connectivity index (χ4n) is 1.42. The Bertz CT molecular complexity index is 601. The number of nitrogens with two attached hydrogens (primary N) is 1. The van der Waals surface area contributed by atoms with Crippen molar-refractivity contribution < 1.29 is 17.9 Å². The molecule has 2 heterocycles. The van der Waals surface area contributed by atoms with Gasteiger partial charge in [-0.1, -0.05) is 0 Å². The third kappa shape index (κ3) is 2.90. The maximum Gasteiger partial charge on any atom is 0.451 e. The fraction of sp³-hybridized carbons (Fsp3) is 0.182. The molecule has 0 aromatic carbocycles. The van der Waals surface area contributed by atoms with Crippen LogP contribution in [0, 0.1) is 0 Å². The fourth-order valence-corrected chi connectivity index (χ4v) is 1.42. The minimum atomic E-state index is -4.65. The minimum Gasteiger partial charge on any atom is -0.481 e. The van der Waals surface area contributed by atoms with Crippen LogP contribution in [-0.2, 0) is 6.18 Å². The second-order valence-corrected chi connectivity index (χ2v) is 3.59. The molecule has 5 nitrogen and oxygen atoms in total. The summed E-state index contributed by atoms with van der Waals surface area (Å²) in [7, 11) is 1.40. The van der Waals surface area contributed by atoms with Crippen LogP contribution >= 0.6 is 0 Å². The number of aromatic nitrogens is 3. The molecule has 2 rings (SSSR count). The van der Waals surface area contributed by atoms with Crippen molar-refractivity contribution in [1.82, 2.24) is 15.0 Å². The lowest BCUT2D eigenvalue weighted by molar-refractivity contribution is -0.144. The summed E-state index contributed by atoms with van der Waals surface area (Å²) in [4.78, 5) is 10.5. The number of rotatable bonds is 2. The van der Waals surface area contributed by atoms with E-state index < -0.39 is 12.0 Å². The summed E-state index contributed by atoms with van der Waals surface area (Å²) in [6.07, 6.45) is -3.25. The maximum absolute atomic E-state index is 12.6. The smallest absolute Gasteiger partial charge is 0.451 e. The average molecular weight is 270 g/mol. The highest BCUT2D eigenvalue weighted by atomic mass is 19.4. The van der Waals surface area contributed by atoms with Gasteiger partial charge in [0.25, 0.3) is 0 Å². The Balaban J connectivity index is 2.53. The molecule has 0 unspecified atom stereocenters. The number of ether oxygens (including phenoxy) is 1. The second-order valence-electron chi connectivity index (χ2n) is 3.59. The molecule has 0 aliphatic heterocycles. The first-order valence-electron chi connectivity index (χ1n) is 5.12. The number of anilines is 1. The average Bonchev–Trinajstić information content (AvgIpc) is 2.37. The van der Waals surface area contributed by atoms with Gasteiger partial charge in [-0.25, -0.2) is 15.0 Å². The molecule has 0 aliphatic rings. The van der Waals surface area contributed by atoms with Crippen molar-refractivity contribution in [2.45, 2.75) is 6.18 Å². The first-order chi connectivity index (χ1) is 8.90. The van der Waals surface area contributed by atoms with Crippen LogP contribution in [0.25, 0.3) is 11.3 Å². The van der Waals surface area contributed by atoms with Crippen LogP contribution in [0.2, 0.25) is 0 Å². The zero-order chi connectivity index (χ0) is 14.0. The van der Waals surface area contributed by atoms with E-state index in [2.05, 4.69) is 15.0 Å². The largest absolute Gasteiger partial charge is 0.481 e. The van der Waals surface area contributed by atoms with E-state index in [0.29, 0.717) is 5.56 Å². The van der Waals surface area contributed by atoms with Gasteiger partial charge in [0.05, 0.1) is 12.8 Å². The predicted molar refractivity (Wildman–Crippen MR) is 61.2 cm³/mol. The first kappa shape index (κ1) is 13.1. The summed E-state index contributed by atoms with van der Waals surface area (Å²) >= 11 is 0. The highest BCUT2D eigenvalue weighted by Gasteiger charge is 2.35. The van der Waals surface area contributed by atoms with Crippen LogP contribution in [0.15, 0.2) is 24.4 Å². The Kier molecular flexibility index (Phi) is 3.24. The van der Waals surface area contributed by atoms with E-state index in [0.717, 1.165) is 0 Å². The lowest BCUT2D eigenvalue weighted by Gasteiger charge is -2.08. The molecule has 0 atom stereocenters. The molecule has 0 amide bonds. The standard InChI is InChI=1S/C11H9F3N4O/c1-19-9-4-6(2-3-16-9)7-5-8(15)18-10(17-7)11(12,13)14/h2-5H,1H3,(H2,15,17,18).